The molecular weight excluding hydrogens is 396 g/mol. The van der Waals surface area contributed by atoms with Gasteiger partial charge in [-0.3, -0.25) is 4.79 Å². The van der Waals surface area contributed by atoms with E-state index in [1.165, 1.54) is 0 Å². The predicted octanol–water partition coefficient (Wildman–Crippen LogP) is 5.55. The molecule has 0 saturated heterocycles. The molecule has 0 spiro atoms. The van der Waals surface area contributed by atoms with E-state index < -0.39 is 0 Å². The van der Waals surface area contributed by atoms with Crippen molar-refractivity contribution >= 4 is 23.2 Å². The van der Waals surface area contributed by atoms with Gasteiger partial charge in [0.15, 0.2) is 0 Å². The van der Waals surface area contributed by atoms with Crippen molar-refractivity contribution in [1.29, 1.82) is 0 Å². The monoisotopic (exact) mass is 418 g/mol. The van der Waals surface area contributed by atoms with Crippen LogP contribution in [0.5, 0.6) is 0 Å². The summed E-state index contributed by atoms with van der Waals surface area (Å²) >= 11 is 6.34. The van der Waals surface area contributed by atoms with Gasteiger partial charge in [0.2, 0.25) is 0 Å². The second-order valence-electron chi connectivity index (χ2n) is 7.37. The zero-order valence-electron chi connectivity index (χ0n) is 17.2. The van der Waals surface area contributed by atoms with Crippen LogP contribution in [0.25, 0.3) is 5.69 Å². The number of benzene rings is 2. The maximum atomic E-state index is 12.9. The Hall–Kier alpha value is -3.31. The first-order chi connectivity index (χ1) is 14.4. The lowest BCUT2D eigenvalue weighted by molar-refractivity contribution is 0.102. The van der Waals surface area contributed by atoms with E-state index >= 15 is 0 Å². The van der Waals surface area contributed by atoms with Crippen LogP contribution in [0.1, 0.15) is 33.1 Å². The van der Waals surface area contributed by atoms with Crippen LogP contribution >= 0.6 is 11.6 Å². The molecule has 0 saturated carbocycles. The van der Waals surface area contributed by atoms with Crippen LogP contribution in [0, 0.1) is 20.8 Å². The van der Waals surface area contributed by atoms with Crippen molar-refractivity contribution in [2.45, 2.75) is 27.3 Å². The van der Waals surface area contributed by atoms with E-state index in [9.17, 15) is 4.79 Å². The molecule has 0 bridgehead atoms. The first-order valence-corrected chi connectivity index (χ1v) is 10.1. The Bertz CT molecular complexity index is 1180. The van der Waals surface area contributed by atoms with Crippen LogP contribution < -0.4 is 5.32 Å². The van der Waals surface area contributed by atoms with Crippen molar-refractivity contribution in [2.24, 2.45) is 0 Å². The Labute approximate surface area is 180 Å². The predicted molar refractivity (Wildman–Crippen MR) is 121 cm³/mol. The number of halogens is 1. The standard InChI is InChI=1S/C24H23ClN4O/c1-16-4-5-17(2)29(16)21-10-11-23(25)22(14-21)24(30)27-20-8-6-19(7-9-20)15-28-13-12-26-18(28)3/h4-14H,15H2,1-3H3,(H,27,30). The van der Waals surface area contributed by atoms with Gasteiger partial charge in [-0.05, 0) is 68.8 Å². The largest absolute Gasteiger partial charge is 0.331 e. The number of aryl methyl sites for hydroxylation is 3. The molecule has 4 rings (SSSR count). The van der Waals surface area contributed by atoms with Gasteiger partial charge < -0.3 is 14.5 Å². The highest BCUT2D eigenvalue weighted by Gasteiger charge is 2.14. The minimum Gasteiger partial charge on any atom is -0.331 e. The van der Waals surface area contributed by atoms with E-state index in [4.69, 9.17) is 11.6 Å². The number of hydrogen-bond acceptors (Lipinski definition) is 2. The first-order valence-electron chi connectivity index (χ1n) is 9.75. The molecule has 0 aliphatic heterocycles. The summed E-state index contributed by atoms with van der Waals surface area (Å²) in [5.74, 6) is 0.734. The number of nitrogens with zero attached hydrogens (tertiary/aromatic N) is 3. The molecule has 1 N–H and O–H groups in total. The van der Waals surface area contributed by atoms with Gasteiger partial charge in [-0.25, -0.2) is 4.98 Å². The normalized spacial score (nSPS) is 10.9. The third-order valence-electron chi connectivity index (χ3n) is 5.21. The maximum Gasteiger partial charge on any atom is 0.257 e. The lowest BCUT2D eigenvalue weighted by atomic mass is 10.1. The molecule has 1 amide bonds. The summed E-state index contributed by atoms with van der Waals surface area (Å²) in [4.78, 5) is 17.1. The van der Waals surface area contributed by atoms with Crippen LogP contribution in [0.15, 0.2) is 67.0 Å². The molecular formula is C24H23ClN4O. The summed E-state index contributed by atoms with van der Waals surface area (Å²) in [5, 5.41) is 3.37. The molecule has 5 nitrogen and oxygen atoms in total. The van der Waals surface area contributed by atoms with Crippen molar-refractivity contribution in [2.75, 3.05) is 5.32 Å². The van der Waals surface area contributed by atoms with Gasteiger partial charge in [-0.2, -0.15) is 0 Å². The molecule has 30 heavy (non-hydrogen) atoms. The quantitative estimate of drug-likeness (QED) is 0.461. The summed E-state index contributed by atoms with van der Waals surface area (Å²) in [6.45, 7) is 6.79. The SMILES string of the molecule is Cc1nccn1Cc1ccc(NC(=O)c2cc(-n3c(C)ccc3C)ccc2Cl)cc1. The number of amides is 1. The van der Waals surface area contributed by atoms with Crippen molar-refractivity contribution in [3.8, 4) is 5.69 Å². The lowest BCUT2D eigenvalue weighted by Gasteiger charge is -2.13. The van der Waals surface area contributed by atoms with Gasteiger partial charge in [0, 0.05) is 41.7 Å². The van der Waals surface area contributed by atoms with Gasteiger partial charge >= 0.3 is 0 Å². The fourth-order valence-corrected chi connectivity index (χ4v) is 3.76. The van der Waals surface area contributed by atoms with E-state index in [1.807, 2.05) is 63.4 Å². The smallest absolute Gasteiger partial charge is 0.257 e. The number of aromatic nitrogens is 3. The summed E-state index contributed by atoms with van der Waals surface area (Å²) in [7, 11) is 0. The fraction of sp³-hybridized carbons (Fsp3) is 0.167. The highest BCUT2D eigenvalue weighted by Crippen LogP contribution is 2.24. The molecule has 2 heterocycles. The van der Waals surface area contributed by atoms with Gasteiger partial charge in [-0.1, -0.05) is 23.7 Å². The molecule has 0 radical (unpaired) electrons. The molecule has 2 aromatic heterocycles. The number of anilines is 1. The zero-order valence-corrected chi connectivity index (χ0v) is 17.9. The Morgan fingerprint density at radius 2 is 1.70 bits per heavy atom. The van der Waals surface area contributed by atoms with Crippen molar-refractivity contribution in [3.05, 3.63) is 100 Å². The van der Waals surface area contributed by atoms with Gasteiger partial charge in [0.25, 0.3) is 5.91 Å². The second kappa shape index (κ2) is 8.20. The molecule has 0 aliphatic carbocycles. The van der Waals surface area contributed by atoms with Gasteiger partial charge in [0.05, 0.1) is 10.6 Å². The van der Waals surface area contributed by atoms with Gasteiger partial charge in [0.1, 0.15) is 5.82 Å². The third-order valence-corrected chi connectivity index (χ3v) is 5.54. The van der Waals surface area contributed by atoms with E-state index in [-0.39, 0.29) is 5.91 Å². The number of hydrogen-bond donors (Lipinski definition) is 1. The Morgan fingerprint density at radius 1 is 1.00 bits per heavy atom. The number of carbonyl (C=O) groups excluding carboxylic acids is 1. The average Bonchev–Trinajstić information content (AvgIpc) is 3.28. The van der Waals surface area contributed by atoms with Crippen molar-refractivity contribution < 1.29 is 4.79 Å². The molecule has 0 atom stereocenters. The molecule has 6 heteroatoms. The summed E-state index contributed by atoms with van der Waals surface area (Å²) in [5.41, 5.74) is 5.42. The molecule has 4 aromatic rings. The molecule has 2 aromatic carbocycles. The molecule has 0 fully saturated rings. The maximum absolute atomic E-state index is 12.9. The van der Waals surface area contributed by atoms with Crippen LogP contribution in [-0.2, 0) is 6.54 Å². The molecule has 0 aliphatic rings. The van der Waals surface area contributed by atoms with E-state index in [1.54, 1.807) is 12.3 Å². The Balaban J connectivity index is 1.52. The van der Waals surface area contributed by atoms with Gasteiger partial charge in [-0.15, -0.1) is 0 Å². The summed E-state index contributed by atoms with van der Waals surface area (Å²) in [6.07, 6.45) is 3.74. The first kappa shape index (κ1) is 20.0. The average molecular weight is 419 g/mol. The highest BCUT2D eigenvalue weighted by atomic mass is 35.5. The number of rotatable bonds is 5. The van der Waals surface area contributed by atoms with Crippen molar-refractivity contribution in [3.63, 3.8) is 0 Å². The topological polar surface area (TPSA) is 51.9 Å². The van der Waals surface area contributed by atoms with E-state index in [2.05, 4.69) is 31.6 Å². The Morgan fingerprint density at radius 3 is 2.33 bits per heavy atom. The van der Waals surface area contributed by atoms with Crippen LogP contribution in [0.3, 0.4) is 0 Å². The number of nitrogens with one attached hydrogen (secondary N) is 1. The minimum atomic E-state index is -0.234. The van der Waals surface area contributed by atoms with Crippen LogP contribution in [0.4, 0.5) is 5.69 Å². The fourth-order valence-electron chi connectivity index (χ4n) is 3.56. The van der Waals surface area contributed by atoms with Crippen molar-refractivity contribution in [1.82, 2.24) is 14.1 Å². The molecule has 0 unspecified atom stereocenters. The zero-order chi connectivity index (χ0) is 21.3. The summed E-state index contributed by atoms with van der Waals surface area (Å²) in [6, 6.07) is 17.4. The highest BCUT2D eigenvalue weighted by molar-refractivity contribution is 6.34. The number of imidazole rings is 1. The van der Waals surface area contributed by atoms with E-state index in [0.717, 1.165) is 40.7 Å². The third kappa shape index (κ3) is 4.02. The lowest BCUT2D eigenvalue weighted by Crippen LogP contribution is -2.13. The minimum absolute atomic E-state index is 0.234. The van der Waals surface area contributed by atoms with Crippen LogP contribution in [0.2, 0.25) is 5.02 Å². The van der Waals surface area contributed by atoms with Crippen LogP contribution in [-0.4, -0.2) is 20.0 Å². The second-order valence-corrected chi connectivity index (χ2v) is 7.78. The summed E-state index contributed by atoms with van der Waals surface area (Å²) < 4.78 is 4.17. The Kier molecular flexibility index (Phi) is 5.46. The number of carbonyl (C=O) groups is 1. The molecule has 152 valence electrons. The van der Waals surface area contributed by atoms with E-state index in [0.29, 0.717) is 10.6 Å².